The van der Waals surface area contributed by atoms with Gasteiger partial charge in [0.15, 0.2) is 0 Å². The highest BCUT2D eigenvalue weighted by Gasteiger charge is 2.20. The van der Waals surface area contributed by atoms with Gasteiger partial charge in [0.25, 0.3) is 0 Å². The molecule has 0 amide bonds. The fourth-order valence-corrected chi connectivity index (χ4v) is 3.82. The lowest BCUT2D eigenvalue weighted by Gasteiger charge is -2.26. The summed E-state index contributed by atoms with van der Waals surface area (Å²) in [6.07, 6.45) is 0. The molecule has 0 aliphatic carbocycles. The van der Waals surface area contributed by atoms with E-state index in [1.54, 1.807) is 0 Å². The third-order valence-corrected chi connectivity index (χ3v) is 5.70. The SMILES string of the molecule is CC(C)(C)c1cc(Nc2ccc3c(ccc4ccccc43)c2)cc(C(C)(C)C)c1. The van der Waals surface area contributed by atoms with Crippen molar-refractivity contribution in [2.75, 3.05) is 5.32 Å². The Morgan fingerprint density at radius 2 is 1.10 bits per heavy atom. The van der Waals surface area contributed by atoms with Gasteiger partial charge in [-0.2, -0.15) is 0 Å². The third kappa shape index (κ3) is 4.00. The molecule has 0 unspecified atom stereocenters. The average molecular weight is 382 g/mol. The number of hydrogen-bond donors (Lipinski definition) is 1. The lowest BCUT2D eigenvalue weighted by Crippen LogP contribution is -2.16. The van der Waals surface area contributed by atoms with Gasteiger partial charge in [-0.1, -0.05) is 90.1 Å². The molecule has 148 valence electrons. The Balaban J connectivity index is 1.77. The molecule has 4 aromatic carbocycles. The normalized spacial score (nSPS) is 12.5. The summed E-state index contributed by atoms with van der Waals surface area (Å²) in [7, 11) is 0. The molecular weight excluding hydrogens is 350 g/mol. The van der Waals surface area contributed by atoms with E-state index in [0.29, 0.717) is 0 Å². The molecule has 4 aromatic rings. The molecule has 0 fully saturated rings. The zero-order valence-electron chi connectivity index (χ0n) is 18.4. The van der Waals surface area contributed by atoms with Crippen LogP contribution >= 0.6 is 0 Å². The summed E-state index contributed by atoms with van der Waals surface area (Å²) in [5, 5.41) is 8.82. The Bertz CT molecular complexity index is 1150. The van der Waals surface area contributed by atoms with Gasteiger partial charge in [0.2, 0.25) is 0 Å². The highest BCUT2D eigenvalue weighted by molar-refractivity contribution is 6.08. The second-order valence-corrected chi connectivity index (χ2v) is 10.1. The van der Waals surface area contributed by atoms with Gasteiger partial charge in [-0.25, -0.2) is 0 Å². The predicted molar refractivity (Wildman–Crippen MR) is 129 cm³/mol. The molecule has 0 bridgehead atoms. The lowest BCUT2D eigenvalue weighted by atomic mass is 9.80. The summed E-state index contributed by atoms with van der Waals surface area (Å²) in [6, 6.07) is 26.6. The summed E-state index contributed by atoms with van der Waals surface area (Å²) < 4.78 is 0. The van der Waals surface area contributed by atoms with Crippen molar-refractivity contribution in [1.29, 1.82) is 0 Å². The third-order valence-electron chi connectivity index (χ3n) is 5.70. The Morgan fingerprint density at radius 1 is 0.517 bits per heavy atom. The van der Waals surface area contributed by atoms with Gasteiger partial charge < -0.3 is 5.32 Å². The number of rotatable bonds is 2. The first-order valence-electron chi connectivity index (χ1n) is 10.5. The molecule has 0 heterocycles. The van der Waals surface area contributed by atoms with Gasteiger partial charge in [0, 0.05) is 11.4 Å². The van der Waals surface area contributed by atoms with Crippen molar-refractivity contribution >= 4 is 32.9 Å². The highest BCUT2D eigenvalue weighted by Crippen LogP contribution is 2.34. The van der Waals surface area contributed by atoms with Crippen LogP contribution in [0.2, 0.25) is 0 Å². The zero-order chi connectivity index (χ0) is 20.8. The second-order valence-electron chi connectivity index (χ2n) is 10.1. The molecule has 0 atom stereocenters. The number of fused-ring (bicyclic) bond motifs is 3. The van der Waals surface area contributed by atoms with E-state index in [9.17, 15) is 0 Å². The largest absolute Gasteiger partial charge is 0.355 e. The van der Waals surface area contributed by atoms with E-state index in [1.165, 1.54) is 32.7 Å². The predicted octanol–water partition coefficient (Wildman–Crippen LogP) is 8.33. The van der Waals surface area contributed by atoms with Crippen molar-refractivity contribution in [3.8, 4) is 0 Å². The van der Waals surface area contributed by atoms with Gasteiger partial charge in [-0.05, 0) is 67.8 Å². The van der Waals surface area contributed by atoms with Crippen molar-refractivity contribution in [2.45, 2.75) is 52.4 Å². The second kappa shape index (κ2) is 6.91. The molecule has 0 saturated heterocycles. The molecule has 0 aliphatic rings. The minimum Gasteiger partial charge on any atom is -0.355 e. The number of anilines is 2. The zero-order valence-corrected chi connectivity index (χ0v) is 18.4. The maximum atomic E-state index is 3.67. The van der Waals surface area contributed by atoms with Gasteiger partial charge in [0.05, 0.1) is 0 Å². The summed E-state index contributed by atoms with van der Waals surface area (Å²) >= 11 is 0. The molecule has 0 spiro atoms. The first-order chi connectivity index (χ1) is 13.6. The van der Waals surface area contributed by atoms with Crippen molar-refractivity contribution < 1.29 is 0 Å². The van der Waals surface area contributed by atoms with Crippen LogP contribution in [0.4, 0.5) is 11.4 Å². The Hall–Kier alpha value is -2.80. The topological polar surface area (TPSA) is 12.0 Å². The fraction of sp³-hybridized carbons (Fsp3) is 0.286. The van der Waals surface area contributed by atoms with Crippen LogP contribution < -0.4 is 5.32 Å². The molecule has 1 heteroatoms. The molecule has 1 N–H and O–H groups in total. The van der Waals surface area contributed by atoms with E-state index in [2.05, 4.69) is 120 Å². The molecule has 0 aromatic heterocycles. The van der Waals surface area contributed by atoms with Crippen LogP contribution in [0.3, 0.4) is 0 Å². The standard InChI is InChI=1S/C28H31N/c1-27(2,3)21-16-22(28(4,5)6)18-24(17-21)29-23-13-14-26-20(15-23)12-11-19-9-7-8-10-25(19)26/h7-18,29H,1-6H3. The minimum absolute atomic E-state index is 0.111. The van der Waals surface area contributed by atoms with Crippen LogP contribution in [0.25, 0.3) is 21.5 Å². The maximum Gasteiger partial charge on any atom is 0.0390 e. The summed E-state index contributed by atoms with van der Waals surface area (Å²) in [5.41, 5.74) is 5.22. The summed E-state index contributed by atoms with van der Waals surface area (Å²) in [6.45, 7) is 13.7. The van der Waals surface area contributed by atoms with Crippen molar-refractivity contribution in [3.05, 3.63) is 83.9 Å². The van der Waals surface area contributed by atoms with Crippen LogP contribution in [0.15, 0.2) is 72.8 Å². The molecule has 0 saturated carbocycles. The Labute approximate surface area is 174 Å². The van der Waals surface area contributed by atoms with E-state index >= 15 is 0 Å². The van der Waals surface area contributed by atoms with Crippen LogP contribution in [0.5, 0.6) is 0 Å². The van der Waals surface area contributed by atoms with Gasteiger partial charge in [-0.15, -0.1) is 0 Å². The van der Waals surface area contributed by atoms with E-state index in [-0.39, 0.29) is 10.8 Å². The number of benzene rings is 4. The monoisotopic (exact) mass is 381 g/mol. The van der Waals surface area contributed by atoms with Crippen molar-refractivity contribution in [3.63, 3.8) is 0 Å². The maximum absolute atomic E-state index is 3.67. The molecule has 0 radical (unpaired) electrons. The van der Waals surface area contributed by atoms with E-state index in [4.69, 9.17) is 0 Å². The van der Waals surface area contributed by atoms with E-state index in [1.807, 2.05) is 0 Å². The average Bonchev–Trinajstić information content (AvgIpc) is 2.66. The van der Waals surface area contributed by atoms with E-state index < -0.39 is 0 Å². The summed E-state index contributed by atoms with van der Waals surface area (Å²) in [5.74, 6) is 0. The molecular formula is C28H31N. The minimum atomic E-state index is 0.111. The number of nitrogens with one attached hydrogen (secondary N) is 1. The van der Waals surface area contributed by atoms with Crippen LogP contribution in [0.1, 0.15) is 52.7 Å². The quantitative estimate of drug-likeness (QED) is 0.344. The molecule has 4 rings (SSSR count). The van der Waals surface area contributed by atoms with Gasteiger partial charge in [0.1, 0.15) is 0 Å². The van der Waals surface area contributed by atoms with E-state index in [0.717, 1.165) is 11.4 Å². The van der Waals surface area contributed by atoms with Crippen molar-refractivity contribution in [2.24, 2.45) is 0 Å². The fourth-order valence-electron chi connectivity index (χ4n) is 3.82. The van der Waals surface area contributed by atoms with Gasteiger partial charge in [-0.3, -0.25) is 0 Å². The number of hydrogen-bond acceptors (Lipinski definition) is 1. The first-order valence-corrected chi connectivity index (χ1v) is 10.5. The molecule has 29 heavy (non-hydrogen) atoms. The Morgan fingerprint density at radius 3 is 1.76 bits per heavy atom. The highest BCUT2D eigenvalue weighted by atomic mass is 14.9. The van der Waals surface area contributed by atoms with Crippen LogP contribution in [-0.4, -0.2) is 0 Å². The Kier molecular flexibility index (Phi) is 4.65. The molecule has 0 aliphatic heterocycles. The van der Waals surface area contributed by atoms with Crippen LogP contribution in [-0.2, 0) is 10.8 Å². The smallest absolute Gasteiger partial charge is 0.0390 e. The van der Waals surface area contributed by atoms with Crippen molar-refractivity contribution in [1.82, 2.24) is 0 Å². The van der Waals surface area contributed by atoms with Crippen LogP contribution in [0, 0.1) is 0 Å². The first kappa shape index (κ1) is 19.5. The molecule has 1 nitrogen and oxygen atoms in total. The summed E-state index contributed by atoms with van der Waals surface area (Å²) in [4.78, 5) is 0. The lowest BCUT2D eigenvalue weighted by molar-refractivity contribution is 0.569. The van der Waals surface area contributed by atoms with Gasteiger partial charge >= 0.3 is 0 Å².